The van der Waals surface area contributed by atoms with E-state index in [4.69, 9.17) is 5.11 Å². The molecular weight excluding hydrogens is 210 g/mol. The highest BCUT2D eigenvalue weighted by Gasteiger charge is 2.26. The molecule has 15 heavy (non-hydrogen) atoms. The average Bonchev–Trinajstić information content (AvgIpc) is 2.42. The Hall–Kier alpha value is -0.900. The summed E-state index contributed by atoms with van der Waals surface area (Å²) in [6.45, 7) is 3.64. The Morgan fingerprint density at radius 1 is 1.60 bits per heavy atom. The van der Waals surface area contributed by atoms with Gasteiger partial charge in [-0.15, -0.1) is 11.3 Å². The smallest absolute Gasteiger partial charge is 0.311 e. The van der Waals surface area contributed by atoms with Gasteiger partial charge in [-0.3, -0.25) is 4.79 Å². The van der Waals surface area contributed by atoms with Gasteiger partial charge < -0.3 is 5.11 Å². The molecule has 1 heterocycles. The minimum absolute atomic E-state index is 0.420. The summed E-state index contributed by atoms with van der Waals surface area (Å²) in [5.74, 6) is -0.582. The molecule has 0 saturated heterocycles. The molecule has 1 atom stereocenters. The zero-order valence-electron chi connectivity index (χ0n) is 8.99. The summed E-state index contributed by atoms with van der Waals surface area (Å²) < 4.78 is 0. The molecule has 0 spiro atoms. The molecular formula is C11H15NO2S. The van der Waals surface area contributed by atoms with Gasteiger partial charge in [0.1, 0.15) is 0 Å². The molecule has 1 aliphatic carbocycles. The molecule has 0 aliphatic heterocycles. The van der Waals surface area contributed by atoms with Gasteiger partial charge in [0.05, 0.1) is 16.6 Å². The Labute approximate surface area is 93.2 Å². The Bertz CT molecular complexity index is 382. The fourth-order valence-electron chi connectivity index (χ4n) is 1.77. The van der Waals surface area contributed by atoms with E-state index in [1.165, 1.54) is 19.3 Å². The molecule has 82 valence electrons. The van der Waals surface area contributed by atoms with E-state index < -0.39 is 11.9 Å². The number of thiazole rings is 1. The molecule has 2 rings (SSSR count). The first-order chi connectivity index (χ1) is 7.09. The highest BCUT2D eigenvalue weighted by Crippen LogP contribution is 2.40. The first-order valence-corrected chi connectivity index (χ1v) is 6.11. The number of carboxylic acids is 1. The molecule has 0 bridgehead atoms. The molecule has 1 fully saturated rings. The standard InChI is InChI=1S/C11H15NO2S/c1-6(11(13)14)9-7(2)12-10(15-9)8-4-3-5-8/h6,8H,3-5H2,1-2H3,(H,13,14). The number of carbonyl (C=O) groups is 1. The maximum atomic E-state index is 10.9. The van der Waals surface area contributed by atoms with E-state index in [-0.39, 0.29) is 0 Å². The third kappa shape index (κ3) is 1.91. The van der Waals surface area contributed by atoms with Crippen LogP contribution in [0.1, 0.15) is 53.6 Å². The quantitative estimate of drug-likeness (QED) is 0.860. The predicted octanol–water partition coefficient (Wildman–Crippen LogP) is 2.91. The number of rotatable bonds is 3. The van der Waals surface area contributed by atoms with Crippen LogP contribution in [0.4, 0.5) is 0 Å². The molecule has 1 aromatic rings. The monoisotopic (exact) mass is 225 g/mol. The lowest BCUT2D eigenvalue weighted by atomic mass is 9.86. The average molecular weight is 225 g/mol. The summed E-state index contributed by atoms with van der Waals surface area (Å²) in [7, 11) is 0. The van der Waals surface area contributed by atoms with Gasteiger partial charge in [0, 0.05) is 10.8 Å². The maximum Gasteiger partial charge on any atom is 0.311 e. The summed E-state index contributed by atoms with van der Waals surface area (Å²) in [5, 5.41) is 10.1. The second kappa shape index (κ2) is 3.93. The van der Waals surface area contributed by atoms with Crippen molar-refractivity contribution in [1.82, 2.24) is 4.98 Å². The van der Waals surface area contributed by atoms with Gasteiger partial charge in [0.25, 0.3) is 0 Å². The number of carboxylic acid groups (broad SMARTS) is 1. The minimum Gasteiger partial charge on any atom is -0.481 e. The van der Waals surface area contributed by atoms with Gasteiger partial charge in [0.15, 0.2) is 0 Å². The van der Waals surface area contributed by atoms with Gasteiger partial charge in [-0.1, -0.05) is 6.42 Å². The van der Waals surface area contributed by atoms with Crippen LogP contribution in [-0.4, -0.2) is 16.1 Å². The lowest BCUT2D eigenvalue weighted by Crippen LogP contribution is -2.07. The molecule has 0 amide bonds. The molecule has 1 aliphatic rings. The van der Waals surface area contributed by atoms with Crippen molar-refractivity contribution in [2.75, 3.05) is 0 Å². The topological polar surface area (TPSA) is 50.2 Å². The van der Waals surface area contributed by atoms with Crippen molar-refractivity contribution in [1.29, 1.82) is 0 Å². The van der Waals surface area contributed by atoms with Crippen LogP contribution < -0.4 is 0 Å². The third-order valence-electron chi connectivity index (χ3n) is 3.07. The fraction of sp³-hybridized carbons (Fsp3) is 0.636. The summed E-state index contributed by atoms with van der Waals surface area (Å²) >= 11 is 1.59. The number of aryl methyl sites for hydroxylation is 1. The van der Waals surface area contributed by atoms with Crippen molar-refractivity contribution in [3.05, 3.63) is 15.6 Å². The van der Waals surface area contributed by atoms with E-state index in [2.05, 4.69) is 4.98 Å². The molecule has 0 aromatic carbocycles. The lowest BCUT2D eigenvalue weighted by Gasteiger charge is -2.22. The molecule has 1 saturated carbocycles. The van der Waals surface area contributed by atoms with Crippen LogP contribution in [0.3, 0.4) is 0 Å². The SMILES string of the molecule is Cc1nc(C2CCC2)sc1C(C)C(=O)O. The van der Waals surface area contributed by atoms with Crippen LogP contribution in [0.5, 0.6) is 0 Å². The van der Waals surface area contributed by atoms with Gasteiger partial charge in [-0.2, -0.15) is 0 Å². The summed E-state index contributed by atoms with van der Waals surface area (Å²) in [6.07, 6.45) is 3.72. The van der Waals surface area contributed by atoms with Crippen LogP contribution in [0, 0.1) is 6.92 Å². The predicted molar refractivity (Wildman–Crippen MR) is 59.5 cm³/mol. The lowest BCUT2D eigenvalue weighted by molar-refractivity contribution is -0.138. The number of hydrogen-bond donors (Lipinski definition) is 1. The summed E-state index contributed by atoms with van der Waals surface area (Å²) in [6, 6.07) is 0. The Morgan fingerprint density at radius 2 is 2.27 bits per heavy atom. The number of aliphatic carboxylic acids is 1. The summed E-state index contributed by atoms with van der Waals surface area (Å²) in [5.41, 5.74) is 0.900. The first-order valence-electron chi connectivity index (χ1n) is 5.29. The van der Waals surface area contributed by atoms with Crippen LogP contribution >= 0.6 is 11.3 Å². The molecule has 0 radical (unpaired) electrons. The number of aromatic nitrogens is 1. The minimum atomic E-state index is -0.762. The zero-order chi connectivity index (χ0) is 11.0. The van der Waals surface area contributed by atoms with E-state index in [0.29, 0.717) is 5.92 Å². The fourth-order valence-corrected chi connectivity index (χ4v) is 3.05. The van der Waals surface area contributed by atoms with Gasteiger partial charge in [-0.05, 0) is 26.7 Å². The van der Waals surface area contributed by atoms with Crippen molar-refractivity contribution in [3.63, 3.8) is 0 Å². The number of hydrogen-bond acceptors (Lipinski definition) is 3. The normalized spacial score (nSPS) is 18.5. The highest BCUT2D eigenvalue weighted by atomic mass is 32.1. The van der Waals surface area contributed by atoms with Crippen molar-refractivity contribution < 1.29 is 9.90 Å². The Kier molecular flexibility index (Phi) is 2.78. The second-order valence-electron chi connectivity index (χ2n) is 4.19. The van der Waals surface area contributed by atoms with Gasteiger partial charge in [0.2, 0.25) is 0 Å². The van der Waals surface area contributed by atoms with Crippen molar-refractivity contribution in [2.45, 2.75) is 44.9 Å². The molecule has 1 unspecified atom stereocenters. The van der Waals surface area contributed by atoms with Crippen LogP contribution in [0.2, 0.25) is 0 Å². The van der Waals surface area contributed by atoms with Gasteiger partial charge in [-0.25, -0.2) is 4.98 Å². The zero-order valence-corrected chi connectivity index (χ0v) is 9.80. The van der Waals surface area contributed by atoms with Gasteiger partial charge >= 0.3 is 5.97 Å². The Balaban J connectivity index is 2.24. The van der Waals surface area contributed by atoms with Crippen LogP contribution in [0.25, 0.3) is 0 Å². The van der Waals surface area contributed by atoms with E-state index in [1.807, 2.05) is 6.92 Å². The molecule has 3 nitrogen and oxygen atoms in total. The second-order valence-corrected chi connectivity index (χ2v) is 5.25. The first kappa shape index (κ1) is 10.6. The molecule has 1 N–H and O–H groups in total. The van der Waals surface area contributed by atoms with E-state index in [0.717, 1.165) is 15.6 Å². The van der Waals surface area contributed by atoms with Crippen LogP contribution in [-0.2, 0) is 4.79 Å². The molecule has 4 heteroatoms. The van der Waals surface area contributed by atoms with Crippen LogP contribution in [0.15, 0.2) is 0 Å². The Morgan fingerprint density at radius 3 is 2.73 bits per heavy atom. The molecule has 1 aromatic heterocycles. The number of nitrogens with zero attached hydrogens (tertiary/aromatic N) is 1. The third-order valence-corrected chi connectivity index (χ3v) is 4.57. The van der Waals surface area contributed by atoms with Crippen molar-refractivity contribution in [2.24, 2.45) is 0 Å². The van der Waals surface area contributed by atoms with E-state index in [9.17, 15) is 4.79 Å². The largest absolute Gasteiger partial charge is 0.481 e. The van der Waals surface area contributed by atoms with E-state index >= 15 is 0 Å². The summed E-state index contributed by atoms with van der Waals surface area (Å²) in [4.78, 5) is 16.3. The van der Waals surface area contributed by atoms with Crippen molar-refractivity contribution in [3.8, 4) is 0 Å². The maximum absolute atomic E-state index is 10.9. The van der Waals surface area contributed by atoms with Crippen molar-refractivity contribution >= 4 is 17.3 Å². The highest BCUT2D eigenvalue weighted by molar-refractivity contribution is 7.12. The van der Waals surface area contributed by atoms with E-state index in [1.54, 1.807) is 18.3 Å².